The Morgan fingerprint density at radius 1 is 1.04 bits per heavy atom. The molecular formula is C19H23N3OS. The first-order valence-electron chi connectivity index (χ1n) is 8.65. The Balaban J connectivity index is 1.41. The lowest BCUT2D eigenvalue weighted by Crippen LogP contribution is -2.40. The van der Waals surface area contributed by atoms with E-state index in [-0.39, 0.29) is 5.91 Å². The predicted octanol–water partition coefficient (Wildman–Crippen LogP) is 2.65. The fraction of sp³-hybridized carbons (Fsp3) is 0.421. The molecule has 126 valence electrons. The molecule has 1 aliphatic heterocycles. The minimum atomic E-state index is 0.0964. The second-order valence-corrected chi connectivity index (χ2v) is 7.63. The van der Waals surface area contributed by atoms with E-state index >= 15 is 0 Å². The highest BCUT2D eigenvalue weighted by molar-refractivity contribution is 7.12. The van der Waals surface area contributed by atoms with Gasteiger partial charge in [-0.3, -0.25) is 9.69 Å². The van der Waals surface area contributed by atoms with Crippen LogP contribution in [0.3, 0.4) is 0 Å². The van der Waals surface area contributed by atoms with Crippen molar-refractivity contribution in [2.75, 3.05) is 31.9 Å². The van der Waals surface area contributed by atoms with E-state index in [4.69, 9.17) is 5.73 Å². The van der Waals surface area contributed by atoms with E-state index in [9.17, 15) is 4.79 Å². The number of benzene rings is 1. The Morgan fingerprint density at radius 3 is 2.46 bits per heavy atom. The van der Waals surface area contributed by atoms with Gasteiger partial charge in [-0.15, -0.1) is 11.3 Å². The number of nitrogens with two attached hydrogens (primary N) is 1. The Labute approximate surface area is 146 Å². The molecule has 2 aromatic rings. The number of nitrogen functional groups attached to an aromatic ring is 1. The summed E-state index contributed by atoms with van der Waals surface area (Å²) < 4.78 is 0. The molecule has 2 aliphatic rings. The smallest absolute Gasteiger partial charge is 0.266 e. The van der Waals surface area contributed by atoms with Gasteiger partial charge in [0.25, 0.3) is 5.91 Å². The van der Waals surface area contributed by atoms with E-state index in [2.05, 4.69) is 29.2 Å². The molecule has 1 amide bonds. The summed E-state index contributed by atoms with van der Waals surface area (Å²) in [5.41, 5.74) is 9.51. The van der Waals surface area contributed by atoms with Crippen molar-refractivity contribution in [2.45, 2.75) is 25.3 Å². The van der Waals surface area contributed by atoms with Gasteiger partial charge in [-0.1, -0.05) is 24.3 Å². The van der Waals surface area contributed by atoms with Gasteiger partial charge >= 0.3 is 0 Å². The third-order valence-electron chi connectivity index (χ3n) is 5.25. The lowest BCUT2D eigenvalue weighted by Gasteiger charge is -2.27. The van der Waals surface area contributed by atoms with Crippen LogP contribution in [0.2, 0.25) is 0 Å². The SMILES string of the molecule is Nc1ccsc1C(=O)N1CCCN(C2Cc3ccccc3C2)CC1. The fourth-order valence-electron chi connectivity index (χ4n) is 3.94. The van der Waals surface area contributed by atoms with E-state index in [0.29, 0.717) is 16.6 Å². The molecule has 0 unspecified atom stereocenters. The summed E-state index contributed by atoms with van der Waals surface area (Å²) in [4.78, 5) is 17.9. The van der Waals surface area contributed by atoms with Crippen molar-refractivity contribution in [1.82, 2.24) is 9.80 Å². The monoisotopic (exact) mass is 341 g/mol. The number of anilines is 1. The molecule has 2 N–H and O–H groups in total. The lowest BCUT2D eigenvalue weighted by atomic mass is 10.1. The zero-order chi connectivity index (χ0) is 16.5. The van der Waals surface area contributed by atoms with Gasteiger partial charge in [0.2, 0.25) is 0 Å². The normalized spacial score (nSPS) is 19.2. The third-order valence-corrected chi connectivity index (χ3v) is 6.17. The summed E-state index contributed by atoms with van der Waals surface area (Å²) in [7, 11) is 0. The molecule has 0 radical (unpaired) electrons. The van der Waals surface area contributed by atoms with E-state index in [1.807, 2.05) is 16.3 Å². The molecule has 5 heteroatoms. The van der Waals surface area contributed by atoms with Gasteiger partial charge in [-0.25, -0.2) is 0 Å². The zero-order valence-electron chi connectivity index (χ0n) is 13.8. The first-order chi connectivity index (χ1) is 11.7. The van der Waals surface area contributed by atoms with Crippen molar-refractivity contribution >= 4 is 22.9 Å². The molecule has 0 spiro atoms. The van der Waals surface area contributed by atoms with Crippen molar-refractivity contribution in [2.24, 2.45) is 0 Å². The summed E-state index contributed by atoms with van der Waals surface area (Å²) in [5.74, 6) is 0.0964. The summed E-state index contributed by atoms with van der Waals surface area (Å²) in [6, 6.07) is 11.2. The van der Waals surface area contributed by atoms with E-state index in [1.165, 1.54) is 22.5 Å². The van der Waals surface area contributed by atoms with E-state index in [1.54, 1.807) is 0 Å². The number of fused-ring (bicyclic) bond motifs is 1. The molecule has 0 bridgehead atoms. The predicted molar refractivity (Wildman–Crippen MR) is 98.5 cm³/mol. The number of carbonyl (C=O) groups excluding carboxylic acids is 1. The highest BCUT2D eigenvalue weighted by atomic mass is 32.1. The quantitative estimate of drug-likeness (QED) is 0.913. The zero-order valence-corrected chi connectivity index (χ0v) is 14.6. The number of nitrogens with zero attached hydrogens (tertiary/aromatic N) is 2. The maximum absolute atomic E-state index is 12.7. The molecule has 1 fully saturated rings. The van der Waals surface area contributed by atoms with Gasteiger partial charge in [0.15, 0.2) is 0 Å². The number of hydrogen-bond donors (Lipinski definition) is 1. The number of carbonyl (C=O) groups is 1. The summed E-state index contributed by atoms with van der Waals surface area (Å²) in [5, 5.41) is 1.89. The van der Waals surface area contributed by atoms with Crippen molar-refractivity contribution in [3.63, 3.8) is 0 Å². The second-order valence-electron chi connectivity index (χ2n) is 6.72. The maximum Gasteiger partial charge on any atom is 0.266 e. The molecule has 0 atom stereocenters. The Hall–Kier alpha value is -1.85. The van der Waals surface area contributed by atoms with E-state index in [0.717, 1.165) is 45.4 Å². The highest BCUT2D eigenvalue weighted by Crippen LogP contribution is 2.27. The molecule has 1 aromatic heterocycles. The van der Waals surface area contributed by atoms with Crippen LogP contribution in [0.15, 0.2) is 35.7 Å². The second kappa shape index (κ2) is 6.57. The molecule has 4 nitrogen and oxygen atoms in total. The number of amides is 1. The maximum atomic E-state index is 12.7. The highest BCUT2D eigenvalue weighted by Gasteiger charge is 2.29. The van der Waals surface area contributed by atoms with E-state index < -0.39 is 0 Å². The van der Waals surface area contributed by atoms with Crippen LogP contribution in [-0.4, -0.2) is 47.9 Å². The first-order valence-corrected chi connectivity index (χ1v) is 9.53. The largest absolute Gasteiger partial charge is 0.397 e. The molecule has 2 heterocycles. The summed E-state index contributed by atoms with van der Waals surface area (Å²) in [6.45, 7) is 3.65. The number of thiophene rings is 1. The Bertz CT molecular complexity index is 717. The van der Waals surface area contributed by atoms with Crippen molar-refractivity contribution in [3.8, 4) is 0 Å². The van der Waals surface area contributed by atoms with Gasteiger partial charge in [0, 0.05) is 32.2 Å². The minimum absolute atomic E-state index is 0.0964. The fourth-order valence-corrected chi connectivity index (χ4v) is 4.72. The topological polar surface area (TPSA) is 49.6 Å². The molecule has 4 rings (SSSR count). The molecule has 1 saturated heterocycles. The molecule has 1 aromatic carbocycles. The average Bonchev–Trinajstić information content (AvgIpc) is 3.13. The molecular weight excluding hydrogens is 318 g/mol. The third kappa shape index (κ3) is 2.94. The van der Waals surface area contributed by atoms with Crippen LogP contribution in [0.25, 0.3) is 0 Å². The van der Waals surface area contributed by atoms with Crippen LogP contribution < -0.4 is 5.73 Å². The minimum Gasteiger partial charge on any atom is -0.397 e. The summed E-state index contributed by atoms with van der Waals surface area (Å²) >= 11 is 1.45. The molecule has 1 aliphatic carbocycles. The Morgan fingerprint density at radius 2 is 1.79 bits per heavy atom. The van der Waals surface area contributed by atoms with Gasteiger partial charge in [-0.2, -0.15) is 0 Å². The Kier molecular flexibility index (Phi) is 4.29. The lowest BCUT2D eigenvalue weighted by molar-refractivity contribution is 0.0764. The number of rotatable bonds is 2. The van der Waals surface area contributed by atoms with Crippen molar-refractivity contribution < 1.29 is 4.79 Å². The van der Waals surface area contributed by atoms with Crippen LogP contribution in [0.1, 0.15) is 27.2 Å². The van der Waals surface area contributed by atoms with Crippen LogP contribution in [0.5, 0.6) is 0 Å². The van der Waals surface area contributed by atoms with Crippen LogP contribution in [0, 0.1) is 0 Å². The van der Waals surface area contributed by atoms with Crippen molar-refractivity contribution in [3.05, 3.63) is 51.7 Å². The number of hydrogen-bond acceptors (Lipinski definition) is 4. The van der Waals surface area contributed by atoms with Gasteiger partial charge in [0.05, 0.1) is 5.69 Å². The standard InChI is InChI=1S/C19H23N3OS/c20-17-6-11-24-18(17)19(23)22-8-3-7-21(9-10-22)16-12-14-4-1-2-5-15(14)13-16/h1-2,4-6,11,16H,3,7-10,12-13,20H2. The van der Waals surface area contributed by atoms with Gasteiger partial charge < -0.3 is 10.6 Å². The van der Waals surface area contributed by atoms with Gasteiger partial charge in [-0.05, 0) is 41.8 Å². The van der Waals surface area contributed by atoms with Crippen molar-refractivity contribution in [1.29, 1.82) is 0 Å². The first kappa shape index (κ1) is 15.7. The van der Waals surface area contributed by atoms with Gasteiger partial charge in [0.1, 0.15) is 4.88 Å². The van der Waals surface area contributed by atoms with Crippen LogP contribution in [-0.2, 0) is 12.8 Å². The molecule has 24 heavy (non-hydrogen) atoms. The average molecular weight is 341 g/mol. The molecule has 0 saturated carbocycles. The van der Waals surface area contributed by atoms with Crippen LogP contribution >= 0.6 is 11.3 Å². The summed E-state index contributed by atoms with van der Waals surface area (Å²) in [6.07, 6.45) is 3.31. The van der Waals surface area contributed by atoms with Crippen LogP contribution in [0.4, 0.5) is 5.69 Å².